The Hall–Kier alpha value is -0.650. The number of fused-ring (bicyclic) bond motifs is 1. The van der Waals surface area contributed by atoms with Crippen LogP contribution in [0.1, 0.15) is 32.1 Å². The van der Waals surface area contributed by atoms with Gasteiger partial charge in [0.2, 0.25) is 6.29 Å². The van der Waals surface area contributed by atoms with Crippen molar-refractivity contribution in [2.45, 2.75) is 56.4 Å². The van der Waals surface area contributed by atoms with Gasteiger partial charge in [0, 0.05) is 12.8 Å². The molecule has 0 aromatic heterocycles. The van der Waals surface area contributed by atoms with Crippen LogP contribution in [0.5, 0.6) is 0 Å². The number of carbonyl (C=O) groups excluding carboxylic acids is 1. The first kappa shape index (κ1) is 9.57. The molecule has 1 saturated carbocycles. The van der Waals surface area contributed by atoms with Gasteiger partial charge in [-0.3, -0.25) is 0 Å². The normalized spacial score (nSPS) is 43.0. The smallest absolute Gasteiger partial charge is 0.340 e. The first-order chi connectivity index (χ1) is 7.20. The van der Waals surface area contributed by atoms with E-state index in [1.807, 2.05) is 0 Å². The van der Waals surface area contributed by atoms with Crippen LogP contribution in [0.25, 0.3) is 0 Å². The molecular formula is C10H14O5. The third kappa shape index (κ3) is 1.38. The fourth-order valence-electron chi connectivity index (χ4n) is 2.61. The van der Waals surface area contributed by atoms with Gasteiger partial charge in [0.15, 0.2) is 18.0 Å². The molecule has 2 aliphatic heterocycles. The van der Waals surface area contributed by atoms with Gasteiger partial charge in [-0.25, -0.2) is 4.79 Å². The molecule has 1 N–H and O–H groups in total. The van der Waals surface area contributed by atoms with E-state index in [9.17, 15) is 9.90 Å². The van der Waals surface area contributed by atoms with Crippen LogP contribution >= 0.6 is 0 Å². The Morgan fingerprint density at radius 2 is 1.93 bits per heavy atom. The summed E-state index contributed by atoms with van der Waals surface area (Å²) in [4.78, 5) is 11.3. The van der Waals surface area contributed by atoms with Crippen LogP contribution < -0.4 is 0 Å². The van der Waals surface area contributed by atoms with Crippen LogP contribution in [0.2, 0.25) is 0 Å². The van der Waals surface area contributed by atoms with Gasteiger partial charge in [-0.15, -0.1) is 0 Å². The van der Waals surface area contributed by atoms with E-state index in [-0.39, 0.29) is 0 Å². The van der Waals surface area contributed by atoms with E-state index >= 15 is 0 Å². The molecular weight excluding hydrogens is 200 g/mol. The maximum Gasteiger partial charge on any atom is 0.340 e. The van der Waals surface area contributed by atoms with Gasteiger partial charge in [0.05, 0.1) is 0 Å². The van der Waals surface area contributed by atoms with Crippen molar-refractivity contribution in [2.75, 3.05) is 0 Å². The van der Waals surface area contributed by atoms with E-state index in [0.29, 0.717) is 0 Å². The van der Waals surface area contributed by atoms with E-state index in [1.54, 1.807) is 0 Å². The van der Waals surface area contributed by atoms with Gasteiger partial charge in [0.1, 0.15) is 0 Å². The molecule has 0 unspecified atom stereocenters. The summed E-state index contributed by atoms with van der Waals surface area (Å²) < 4.78 is 15.9. The Balaban J connectivity index is 1.79. The molecule has 0 aromatic carbocycles. The third-order valence-electron chi connectivity index (χ3n) is 3.36. The number of carbonyl (C=O) groups is 1. The van der Waals surface area contributed by atoms with E-state index in [4.69, 9.17) is 9.47 Å². The van der Waals surface area contributed by atoms with E-state index in [1.165, 1.54) is 6.42 Å². The minimum absolute atomic E-state index is 0.505. The predicted octanol–water partition coefficient (Wildman–Crippen LogP) is 0.306. The highest BCUT2D eigenvalue weighted by atomic mass is 16.8. The lowest BCUT2D eigenvalue weighted by Gasteiger charge is -2.32. The fourth-order valence-corrected chi connectivity index (χ4v) is 2.61. The molecule has 1 spiro atoms. The molecule has 3 atom stereocenters. The zero-order valence-electron chi connectivity index (χ0n) is 8.35. The zero-order valence-corrected chi connectivity index (χ0v) is 8.35. The molecule has 0 aromatic rings. The number of rotatable bonds is 0. The van der Waals surface area contributed by atoms with Crippen LogP contribution in [0.3, 0.4) is 0 Å². The van der Waals surface area contributed by atoms with Crippen molar-refractivity contribution in [3.05, 3.63) is 0 Å². The highest BCUT2D eigenvalue weighted by Gasteiger charge is 2.58. The molecule has 2 heterocycles. The van der Waals surface area contributed by atoms with Crippen molar-refractivity contribution >= 4 is 5.97 Å². The number of cyclic esters (lactones) is 1. The Morgan fingerprint density at radius 3 is 2.60 bits per heavy atom. The Labute approximate surface area is 87.3 Å². The summed E-state index contributed by atoms with van der Waals surface area (Å²) in [5, 5.41) is 9.44. The lowest BCUT2D eigenvalue weighted by Crippen LogP contribution is -2.36. The standard InChI is InChI=1S/C10H14O5/c11-8-6-7(9(12)13-8)15-10(14-6)4-2-1-3-5-10/h6-8,11H,1-5H2/t6-,7+,8-/m1/s1. The number of ether oxygens (including phenoxy) is 3. The topological polar surface area (TPSA) is 65.0 Å². The first-order valence-electron chi connectivity index (χ1n) is 5.44. The van der Waals surface area contributed by atoms with Crippen molar-refractivity contribution < 1.29 is 24.1 Å². The molecule has 1 aliphatic carbocycles. The Morgan fingerprint density at radius 1 is 1.20 bits per heavy atom. The number of esters is 1. The van der Waals surface area contributed by atoms with E-state index in [2.05, 4.69) is 4.74 Å². The van der Waals surface area contributed by atoms with Gasteiger partial charge in [-0.2, -0.15) is 0 Å². The number of aliphatic hydroxyl groups is 1. The average Bonchev–Trinajstić information content (AvgIpc) is 2.69. The third-order valence-corrected chi connectivity index (χ3v) is 3.36. The zero-order chi connectivity index (χ0) is 10.5. The maximum atomic E-state index is 11.3. The Bertz CT molecular complexity index is 284. The first-order valence-corrected chi connectivity index (χ1v) is 5.44. The van der Waals surface area contributed by atoms with Crippen molar-refractivity contribution in [3.63, 3.8) is 0 Å². The van der Waals surface area contributed by atoms with Gasteiger partial charge in [0.25, 0.3) is 0 Å². The van der Waals surface area contributed by atoms with Crippen LogP contribution in [0, 0.1) is 0 Å². The summed E-state index contributed by atoms with van der Waals surface area (Å²) in [6.45, 7) is 0. The van der Waals surface area contributed by atoms with Gasteiger partial charge in [-0.05, 0) is 12.8 Å². The summed E-state index contributed by atoms with van der Waals surface area (Å²) in [6.07, 6.45) is 2.36. The molecule has 2 saturated heterocycles. The van der Waals surface area contributed by atoms with Crippen LogP contribution in [-0.4, -0.2) is 35.4 Å². The second-order valence-corrected chi connectivity index (χ2v) is 4.42. The summed E-state index contributed by atoms with van der Waals surface area (Å²) >= 11 is 0. The highest BCUT2D eigenvalue weighted by molar-refractivity contribution is 5.78. The van der Waals surface area contributed by atoms with Crippen molar-refractivity contribution in [2.24, 2.45) is 0 Å². The number of hydrogen-bond acceptors (Lipinski definition) is 5. The summed E-state index contributed by atoms with van der Waals surface area (Å²) in [5.74, 6) is -1.14. The second kappa shape index (κ2) is 3.17. The van der Waals surface area contributed by atoms with E-state index in [0.717, 1.165) is 25.7 Å². The average molecular weight is 214 g/mol. The molecule has 3 aliphatic rings. The van der Waals surface area contributed by atoms with Crippen molar-refractivity contribution in [1.82, 2.24) is 0 Å². The molecule has 5 heteroatoms. The summed E-state index contributed by atoms with van der Waals surface area (Å²) in [6, 6.07) is 0. The minimum Gasteiger partial charge on any atom is -0.431 e. The minimum atomic E-state index is -1.16. The van der Waals surface area contributed by atoms with Crippen LogP contribution in [0.4, 0.5) is 0 Å². The largest absolute Gasteiger partial charge is 0.431 e. The van der Waals surface area contributed by atoms with Crippen LogP contribution in [-0.2, 0) is 19.0 Å². The van der Waals surface area contributed by atoms with Gasteiger partial charge in [-0.1, -0.05) is 6.42 Å². The number of hydrogen-bond donors (Lipinski definition) is 1. The molecule has 84 valence electrons. The molecule has 0 bridgehead atoms. The lowest BCUT2D eigenvalue weighted by molar-refractivity contribution is -0.233. The molecule has 0 amide bonds. The quantitative estimate of drug-likeness (QED) is 0.588. The molecule has 3 rings (SSSR count). The fraction of sp³-hybridized carbons (Fsp3) is 0.900. The van der Waals surface area contributed by atoms with Crippen LogP contribution in [0.15, 0.2) is 0 Å². The number of aliphatic hydroxyl groups excluding tert-OH is 1. The lowest BCUT2D eigenvalue weighted by atomic mass is 9.94. The Kier molecular flexibility index (Phi) is 2.02. The predicted molar refractivity (Wildman–Crippen MR) is 47.7 cm³/mol. The van der Waals surface area contributed by atoms with Gasteiger partial charge < -0.3 is 19.3 Å². The monoisotopic (exact) mass is 214 g/mol. The van der Waals surface area contributed by atoms with E-state index < -0.39 is 30.3 Å². The maximum absolute atomic E-state index is 11.3. The highest BCUT2D eigenvalue weighted by Crippen LogP contribution is 2.43. The molecule has 5 nitrogen and oxygen atoms in total. The summed E-state index contributed by atoms with van der Waals surface area (Å²) in [5.41, 5.74) is 0. The van der Waals surface area contributed by atoms with Crippen molar-refractivity contribution in [1.29, 1.82) is 0 Å². The molecule has 15 heavy (non-hydrogen) atoms. The second-order valence-electron chi connectivity index (χ2n) is 4.42. The SMILES string of the molecule is O=C1O[C@@H](O)[C@@H]2OC3(CCCCC3)O[C@H]12. The van der Waals surface area contributed by atoms with Crippen molar-refractivity contribution in [3.8, 4) is 0 Å². The molecule has 3 fully saturated rings. The molecule has 0 radical (unpaired) electrons. The summed E-state index contributed by atoms with van der Waals surface area (Å²) in [7, 11) is 0. The van der Waals surface area contributed by atoms with Gasteiger partial charge >= 0.3 is 5.97 Å².